The van der Waals surface area contributed by atoms with Crippen LogP contribution >= 0.6 is 0 Å². The Morgan fingerprint density at radius 2 is 1.85 bits per heavy atom. The first-order chi connectivity index (χ1) is 13.0. The molecule has 0 saturated heterocycles. The van der Waals surface area contributed by atoms with E-state index in [-0.39, 0.29) is 17.0 Å². The molecular formula is C18H19N3O6. The fourth-order valence-corrected chi connectivity index (χ4v) is 2.25. The summed E-state index contributed by atoms with van der Waals surface area (Å²) >= 11 is 0. The average molecular weight is 373 g/mol. The molecule has 0 fully saturated rings. The van der Waals surface area contributed by atoms with E-state index in [0.717, 1.165) is 6.07 Å². The van der Waals surface area contributed by atoms with Crippen LogP contribution < -0.4 is 19.6 Å². The number of carbonyl (C=O) groups is 1. The number of hydrogen-bond donors (Lipinski definition) is 1. The van der Waals surface area contributed by atoms with Crippen molar-refractivity contribution in [3.8, 4) is 17.2 Å². The van der Waals surface area contributed by atoms with Crippen LogP contribution in [0.5, 0.6) is 17.2 Å². The number of nitrogens with zero attached hydrogens (tertiary/aromatic N) is 2. The van der Waals surface area contributed by atoms with E-state index >= 15 is 0 Å². The highest BCUT2D eigenvalue weighted by molar-refractivity contribution is 5.98. The molecule has 27 heavy (non-hydrogen) atoms. The number of non-ortho nitro benzene ring substituents is 1. The van der Waals surface area contributed by atoms with Gasteiger partial charge in [0.15, 0.2) is 11.5 Å². The van der Waals surface area contributed by atoms with Crippen LogP contribution in [0.25, 0.3) is 0 Å². The van der Waals surface area contributed by atoms with Gasteiger partial charge in [-0.25, -0.2) is 5.43 Å². The maximum Gasteiger partial charge on any atom is 0.275 e. The number of rotatable bonds is 8. The van der Waals surface area contributed by atoms with Crippen molar-refractivity contribution in [2.45, 2.75) is 6.92 Å². The number of ether oxygens (including phenoxy) is 3. The van der Waals surface area contributed by atoms with Crippen LogP contribution in [0.15, 0.2) is 41.5 Å². The van der Waals surface area contributed by atoms with Gasteiger partial charge in [-0.1, -0.05) is 0 Å². The zero-order valence-electron chi connectivity index (χ0n) is 15.1. The van der Waals surface area contributed by atoms with Crippen molar-refractivity contribution in [3.63, 3.8) is 0 Å². The van der Waals surface area contributed by atoms with Gasteiger partial charge in [0.25, 0.3) is 11.6 Å². The number of methoxy groups -OCH3 is 2. The smallest absolute Gasteiger partial charge is 0.275 e. The van der Waals surface area contributed by atoms with Gasteiger partial charge < -0.3 is 14.2 Å². The molecule has 0 spiro atoms. The Balaban J connectivity index is 2.15. The molecule has 2 aromatic rings. The Kier molecular flexibility index (Phi) is 6.70. The summed E-state index contributed by atoms with van der Waals surface area (Å²) in [7, 11) is 2.89. The van der Waals surface area contributed by atoms with E-state index in [4.69, 9.17) is 14.2 Å². The van der Waals surface area contributed by atoms with Gasteiger partial charge in [-0.05, 0) is 36.8 Å². The molecule has 0 atom stereocenters. The largest absolute Gasteiger partial charge is 0.496 e. The van der Waals surface area contributed by atoms with E-state index < -0.39 is 10.8 Å². The highest BCUT2D eigenvalue weighted by Crippen LogP contribution is 2.27. The molecule has 9 heteroatoms. The van der Waals surface area contributed by atoms with Crippen LogP contribution in [0.1, 0.15) is 22.8 Å². The second kappa shape index (κ2) is 9.18. The highest BCUT2D eigenvalue weighted by atomic mass is 16.6. The lowest BCUT2D eigenvalue weighted by Crippen LogP contribution is -2.18. The normalized spacial score (nSPS) is 10.5. The first-order valence-corrected chi connectivity index (χ1v) is 7.96. The summed E-state index contributed by atoms with van der Waals surface area (Å²) in [5.41, 5.74) is 2.78. The van der Waals surface area contributed by atoms with Crippen molar-refractivity contribution < 1.29 is 23.9 Å². The van der Waals surface area contributed by atoms with E-state index in [0.29, 0.717) is 23.7 Å². The van der Waals surface area contributed by atoms with Crippen LogP contribution in [0.2, 0.25) is 0 Å². The standard InChI is InChI=1S/C18H19N3O6/c1-4-27-16-7-5-12(9-17(16)26-3)11-19-20-18(22)14-10-13(21(23)24)6-8-15(14)25-2/h5-11H,4H2,1-3H3,(H,20,22). The molecular weight excluding hydrogens is 354 g/mol. The molecule has 0 heterocycles. The SMILES string of the molecule is CCOc1ccc(C=NNC(=O)c2cc([N+](=O)[O-])ccc2OC)cc1OC. The van der Waals surface area contributed by atoms with Gasteiger partial charge in [-0.3, -0.25) is 14.9 Å². The molecule has 1 N–H and O–H groups in total. The lowest BCUT2D eigenvalue weighted by Gasteiger charge is -2.09. The van der Waals surface area contributed by atoms with Crippen LogP contribution in [-0.4, -0.2) is 37.9 Å². The second-order valence-electron chi connectivity index (χ2n) is 5.18. The summed E-state index contributed by atoms with van der Waals surface area (Å²) in [5, 5.41) is 14.8. The fraction of sp³-hybridized carbons (Fsp3) is 0.222. The number of hydrazone groups is 1. The van der Waals surface area contributed by atoms with Gasteiger partial charge in [0.2, 0.25) is 0 Å². The third-order valence-corrected chi connectivity index (χ3v) is 3.51. The van der Waals surface area contributed by atoms with Gasteiger partial charge in [0.1, 0.15) is 5.75 Å². The Labute approximate surface area is 155 Å². The molecule has 142 valence electrons. The molecule has 2 aromatic carbocycles. The van der Waals surface area contributed by atoms with Crippen molar-refractivity contribution >= 4 is 17.8 Å². The van der Waals surface area contributed by atoms with Crippen molar-refractivity contribution in [1.82, 2.24) is 5.43 Å². The summed E-state index contributed by atoms with van der Waals surface area (Å²) in [6.07, 6.45) is 1.42. The lowest BCUT2D eigenvalue weighted by atomic mass is 10.1. The predicted molar refractivity (Wildman–Crippen MR) is 98.9 cm³/mol. The molecule has 0 unspecified atom stereocenters. The minimum atomic E-state index is -0.635. The number of nitrogens with one attached hydrogen (secondary N) is 1. The molecule has 0 aromatic heterocycles. The molecule has 9 nitrogen and oxygen atoms in total. The van der Waals surface area contributed by atoms with Crippen LogP contribution in [0, 0.1) is 10.1 Å². The Morgan fingerprint density at radius 3 is 2.48 bits per heavy atom. The van der Waals surface area contributed by atoms with Crippen LogP contribution in [0.4, 0.5) is 5.69 Å². The summed E-state index contributed by atoms with van der Waals surface area (Å²) in [6.45, 7) is 2.37. The van der Waals surface area contributed by atoms with Crippen LogP contribution in [-0.2, 0) is 0 Å². The number of hydrogen-bond acceptors (Lipinski definition) is 7. The number of amides is 1. The molecule has 0 aliphatic carbocycles. The zero-order chi connectivity index (χ0) is 19.8. The summed E-state index contributed by atoms with van der Waals surface area (Å²) in [6, 6.07) is 8.92. The predicted octanol–water partition coefficient (Wildman–Crippen LogP) is 2.77. The topological polar surface area (TPSA) is 112 Å². The first kappa shape index (κ1) is 19.7. The molecule has 0 radical (unpaired) electrons. The molecule has 1 amide bonds. The van der Waals surface area contributed by atoms with Gasteiger partial charge in [-0.2, -0.15) is 5.10 Å². The minimum Gasteiger partial charge on any atom is -0.496 e. The van der Waals surface area contributed by atoms with Crippen molar-refractivity contribution in [2.24, 2.45) is 5.10 Å². The summed E-state index contributed by atoms with van der Waals surface area (Å²) in [4.78, 5) is 22.6. The van der Waals surface area contributed by atoms with E-state index in [9.17, 15) is 14.9 Å². The minimum absolute atomic E-state index is 0.00752. The van der Waals surface area contributed by atoms with Crippen molar-refractivity contribution in [1.29, 1.82) is 0 Å². The molecule has 2 rings (SSSR count). The van der Waals surface area contributed by atoms with Crippen molar-refractivity contribution in [3.05, 3.63) is 57.6 Å². The van der Waals surface area contributed by atoms with Crippen molar-refractivity contribution in [2.75, 3.05) is 20.8 Å². The summed E-state index contributed by atoms with van der Waals surface area (Å²) < 4.78 is 15.7. The van der Waals surface area contributed by atoms with Crippen LogP contribution in [0.3, 0.4) is 0 Å². The van der Waals surface area contributed by atoms with Gasteiger partial charge >= 0.3 is 0 Å². The maximum atomic E-state index is 12.3. The highest BCUT2D eigenvalue weighted by Gasteiger charge is 2.17. The lowest BCUT2D eigenvalue weighted by molar-refractivity contribution is -0.384. The zero-order valence-corrected chi connectivity index (χ0v) is 15.1. The quantitative estimate of drug-likeness (QED) is 0.432. The molecule has 0 bridgehead atoms. The number of nitro benzene ring substituents is 1. The Bertz CT molecular complexity index is 866. The Hall–Kier alpha value is -3.62. The second-order valence-corrected chi connectivity index (χ2v) is 5.18. The third-order valence-electron chi connectivity index (χ3n) is 3.51. The number of nitro groups is 1. The maximum absolute atomic E-state index is 12.3. The van der Waals surface area contributed by atoms with Gasteiger partial charge in [0, 0.05) is 12.1 Å². The number of benzene rings is 2. The monoisotopic (exact) mass is 373 g/mol. The fourth-order valence-electron chi connectivity index (χ4n) is 2.25. The van der Waals surface area contributed by atoms with E-state index in [2.05, 4.69) is 10.5 Å². The van der Waals surface area contributed by atoms with E-state index in [1.807, 2.05) is 6.92 Å². The number of carbonyl (C=O) groups excluding carboxylic acids is 1. The molecule has 0 aliphatic heterocycles. The summed E-state index contributed by atoms with van der Waals surface area (Å²) in [5.74, 6) is 0.704. The third kappa shape index (κ3) is 4.94. The molecule has 0 saturated carbocycles. The van der Waals surface area contributed by atoms with E-state index in [1.54, 1.807) is 18.2 Å². The van der Waals surface area contributed by atoms with Gasteiger partial charge in [-0.15, -0.1) is 0 Å². The average Bonchev–Trinajstić information content (AvgIpc) is 2.68. The first-order valence-electron chi connectivity index (χ1n) is 7.96. The van der Waals surface area contributed by atoms with Gasteiger partial charge in [0.05, 0.1) is 37.5 Å². The Morgan fingerprint density at radius 1 is 1.15 bits per heavy atom. The molecule has 0 aliphatic rings. The van der Waals surface area contributed by atoms with E-state index in [1.165, 1.54) is 32.6 Å².